The van der Waals surface area contributed by atoms with Crippen LogP contribution in [0.25, 0.3) is 0 Å². The van der Waals surface area contributed by atoms with Crippen LogP contribution in [0, 0.1) is 0 Å². The van der Waals surface area contributed by atoms with Crippen LogP contribution in [-0.2, 0) is 21.3 Å². The van der Waals surface area contributed by atoms with Crippen LogP contribution in [0.1, 0.15) is 5.56 Å². The molecule has 0 radical (unpaired) electrons. The van der Waals surface area contributed by atoms with Crippen molar-refractivity contribution in [2.45, 2.75) is 17.5 Å². The fourth-order valence-electron chi connectivity index (χ4n) is 1.73. The molecule has 1 aromatic carbocycles. The molecule has 1 aromatic rings. The van der Waals surface area contributed by atoms with Crippen LogP contribution in [0.2, 0.25) is 0 Å². The van der Waals surface area contributed by atoms with E-state index in [0.717, 1.165) is 4.31 Å². The van der Waals surface area contributed by atoms with Crippen molar-refractivity contribution in [3.05, 3.63) is 29.8 Å². The Morgan fingerprint density at radius 3 is 2.63 bits per heavy atom. The molecule has 0 aliphatic carbocycles. The Labute approximate surface area is 113 Å². The molecule has 7 heteroatoms. The van der Waals surface area contributed by atoms with Crippen LogP contribution in [-0.4, -0.2) is 51.2 Å². The molecule has 1 rings (SSSR count). The maximum atomic E-state index is 12.4. The second-order valence-corrected chi connectivity index (χ2v) is 6.22. The van der Waals surface area contributed by atoms with E-state index in [2.05, 4.69) is 0 Å². The number of hydrogen-bond acceptors (Lipinski definition) is 5. The van der Waals surface area contributed by atoms with Crippen molar-refractivity contribution in [3.8, 4) is 0 Å². The minimum Gasteiger partial charge on any atom is -0.389 e. The van der Waals surface area contributed by atoms with Crippen molar-refractivity contribution in [1.29, 1.82) is 0 Å². The zero-order valence-electron chi connectivity index (χ0n) is 11.1. The van der Waals surface area contributed by atoms with Crippen LogP contribution in [0.4, 0.5) is 0 Å². The molecule has 0 amide bonds. The number of sulfonamides is 1. The summed E-state index contributed by atoms with van der Waals surface area (Å²) >= 11 is 0. The summed E-state index contributed by atoms with van der Waals surface area (Å²) in [4.78, 5) is 0.171. The maximum absolute atomic E-state index is 12.4. The monoisotopic (exact) mass is 288 g/mol. The lowest BCUT2D eigenvalue weighted by molar-refractivity contribution is 0.0554. The van der Waals surface area contributed by atoms with E-state index >= 15 is 0 Å². The molecule has 1 unspecified atom stereocenters. The van der Waals surface area contributed by atoms with E-state index in [1.54, 1.807) is 18.2 Å². The molecule has 3 N–H and O–H groups in total. The standard InChI is InChI=1S/C12H20N2O4S/c1-14(8-11(15)9-18-2)19(16,17)12-6-4-3-5-10(12)7-13/h3-6,11,15H,7-9,13H2,1-2H3. The quantitative estimate of drug-likeness (QED) is 0.723. The van der Waals surface area contributed by atoms with Gasteiger partial charge in [-0.15, -0.1) is 0 Å². The van der Waals surface area contributed by atoms with Gasteiger partial charge in [-0.25, -0.2) is 8.42 Å². The van der Waals surface area contributed by atoms with Crippen LogP contribution >= 0.6 is 0 Å². The van der Waals surface area contributed by atoms with Crippen LogP contribution in [0.15, 0.2) is 29.2 Å². The predicted octanol–water partition coefficient (Wildman–Crippen LogP) is -0.227. The van der Waals surface area contributed by atoms with Gasteiger partial charge in [0.15, 0.2) is 0 Å². The minimum atomic E-state index is -3.66. The number of nitrogens with two attached hydrogens (primary N) is 1. The lowest BCUT2D eigenvalue weighted by atomic mass is 10.2. The maximum Gasteiger partial charge on any atom is 0.243 e. The van der Waals surface area contributed by atoms with Gasteiger partial charge >= 0.3 is 0 Å². The Morgan fingerprint density at radius 2 is 2.05 bits per heavy atom. The van der Waals surface area contributed by atoms with Crippen molar-refractivity contribution in [2.75, 3.05) is 27.3 Å². The Bertz CT molecular complexity index is 504. The number of nitrogens with zero attached hydrogens (tertiary/aromatic N) is 1. The Balaban J connectivity index is 2.97. The minimum absolute atomic E-state index is 0.0327. The SMILES string of the molecule is COCC(O)CN(C)S(=O)(=O)c1ccccc1CN. The van der Waals surface area contributed by atoms with Gasteiger partial charge in [0.2, 0.25) is 10.0 Å². The molecule has 19 heavy (non-hydrogen) atoms. The number of aliphatic hydroxyl groups is 1. The molecule has 0 spiro atoms. The molecular formula is C12H20N2O4S. The highest BCUT2D eigenvalue weighted by atomic mass is 32.2. The summed E-state index contributed by atoms with van der Waals surface area (Å²) in [7, 11) is -0.793. The van der Waals surface area contributed by atoms with Crippen LogP contribution < -0.4 is 5.73 Å². The van der Waals surface area contributed by atoms with Gasteiger partial charge in [-0.1, -0.05) is 18.2 Å². The molecular weight excluding hydrogens is 268 g/mol. The highest BCUT2D eigenvalue weighted by Gasteiger charge is 2.24. The number of likely N-dealkylation sites (N-methyl/N-ethyl adjacent to an activating group) is 1. The summed E-state index contributed by atoms with van der Waals surface area (Å²) in [6, 6.07) is 6.56. The lowest BCUT2D eigenvalue weighted by Gasteiger charge is -2.21. The molecule has 1 atom stereocenters. The van der Waals surface area contributed by atoms with Gasteiger partial charge in [0.1, 0.15) is 0 Å². The zero-order valence-corrected chi connectivity index (χ0v) is 11.9. The fraction of sp³-hybridized carbons (Fsp3) is 0.500. The summed E-state index contributed by atoms with van der Waals surface area (Å²) in [6.07, 6.45) is -0.866. The molecule has 0 fully saturated rings. The smallest absolute Gasteiger partial charge is 0.243 e. The van der Waals surface area contributed by atoms with Crippen molar-refractivity contribution in [3.63, 3.8) is 0 Å². The van der Waals surface area contributed by atoms with E-state index in [1.807, 2.05) is 0 Å². The highest BCUT2D eigenvalue weighted by molar-refractivity contribution is 7.89. The van der Waals surface area contributed by atoms with Crippen molar-refractivity contribution >= 4 is 10.0 Å². The third-order valence-electron chi connectivity index (χ3n) is 2.71. The van der Waals surface area contributed by atoms with Gasteiger partial charge < -0.3 is 15.6 Å². The number of aliphatic hydroxyl groups excluding tert-OH is 1. The second-order valence-electron chi connectivity index (χ2n) is 4.21. The fourth-order valence-corrected chi connectivity index (χ4v) is 3.17. The summed E-state index contributed by atoms with van der Waals surface area (Å²) in [6.45, 7) is 0.192. The number of rotatable bonds is 7. The van der Waals surface area contributed by atoms with Crippen molar-refractivity contribution < 1.29 is 18.3 Å². The summed E-state index contributed by atoms with van der Waals surface area (Å²) < 4.78 is 30.6. The van der Waals surface area contributed by atoms with E-state index in [9.17, 15) is 13.5 Å². The first kappa shape index (κ1) is 16.1. The molecule has 0 bridgehead atoms. The summed E-state index contributed by atoms with van der Waals surface area (Å²) in [5.74, 6) is 0. The van der Waals surface area contributed by atoms with Gasteiger partial charge in [0.25, 0.3) is 0 Å². The zero-order chi connectivity index (χ0) is 14.5. The van der Waals surface area contributed by atoms with Crippen molar-refractivity contribution in [1.82, 2.24) is 4.31 Å². The van der Waals surface area contributed by atoms with Gasteiger partial charge in [0.05, 0.1) is 17.6 Å². The van der Waals surface area contributed by atoms with Crippen molar-refractivity contribution in [2.24, 2.45) is 5.73 Å². The average Bonchev–Trinajstić information content (AvgIpc) is 2.38. The van der Waals surface area contributed by atoms with Crippen LogP contribution in [0.3, 0.4) is 0 Å². The predicted molar refractivity (Wildman–Crippen MR) is 72.0 cm³/mol. The molecule has 0 heterocycles. The van der Waals surface area contributed by atoms with Gasteiger partial charge in [-0.05, 0) is 11.6 Å². The highest BCUT2D eigenvalue weighted by Crippen LogP contribution is 2.19. The Kier molecular flexibility index (Phi) is 5.89. The molecule has 0 aromatic heterocycles. The van der Waals surface area contributed by atoms with E-state index in [1.165, 1.54) is 20.2 Å². The molecule has 0 aliphatic rings. The molecule has 108 valence electrons. The molecule has 6 nitrogen and oxygen atoms in total. The normalized spacial score (nSPS) is 13.7. The Morgan fingerprint density at radius 1 is 1.42 bits per heavy atom. The number of benzene rings is 1. The van der Waals surface area contributed by atoms with Crippen LogP contribution in [0.5, 0.6) is 0 Å². The summed E-state index contributed by atoms with van der Waals surface area (Å²) in [5.41, 5.74) is 6.10. The van der Waals surface area contributed by atoms with Gasteiger partial charge in [-0.2, -0.15) is 4.31 Å². The first-order valence-corrected chi connectivity index (χ1v) is 7.28. The lowest BCUT2D eigenvalue weighted by Crippen LogP contribution is -2.36. The van der Waals surface area contributed by atoms with E-state index < -0.39 is 16.1 Å². The third kappa shape index (κ3) is 3.99. The summed E-state index contributed by atoms with van der Waals surface area (Å²) in [5, 5.41) is 9.60. The van der Waals surface area contributed by atoms with Gasteiger partial charge in [0, 0.05) is 27.2 Å². The Hall–Kier alpha value is -0.990. The molecule has 0 aliphatic heterocycles. The first-order valence-electron chi connectivity index (χ1n) is 5.84. The molecule has 0 saturated heterocycles. The number of methoxy groups -OCH3 is 1. The van der Waals surface area contributed by atoms with Gasteiger partial charge in [-0.3, -0.25) is 0 Å². The molecule has 0 saturated carbocycles. The largest absolute Gasteiger partial charge is 0.389 e. The number of ether oxygens (including phenoxy) is 1. The first-order chi connectivity index (χ1) is 8.93. The van der Waals surface area contributed by atoms with E-state index in [-0.39, 0.29) is 24.6 Å². The topological polar surface area (TPSA) is 92.9 Å². The van der Waals surface area contributed by atoms with E-state index in [0.29, 0.717) is 5.56 Å². The number of hydrogen-bond donors (Lipinski definition) is 2. The average molecular weight is 288 g/mol. The third-order valence-corrected chi connectivity index (χ3v) is 4.63. The second kappa shape index (κ2) is 6.97. The van der Waals surface area contributed by atoms with E-state index in [4.69, 9.17) is 10.5 Å².